The number of fused-ring (bicyclic) bond motifs is 1. The molecule has 3 aliphatic rings. The van der Waals surface area contributed by atoms with Gasteiger partial charge in [-0.1, -0.05) is 0 Å². The molecule has 0 spiro atoms. The number of rotatable bonds is 6. The number of piperazine rings is 1. The van der Waals surface area contributed by atoms with Crippen LogP contribution in [0.3, 0.4) is 0 Å². The summed E-state index contributed by atoms with van der Waals surface area (Å²) in [6.07, 6.45) is -4.95. The zero-order valence-corrected chi connectivity index (χ0v) is 23.3. The van der Waals surface area contributed by atoms with Crippen LogP contribution in [0.15, 0.2) is 17.7 Å². The number of benzene rings is 1. The third-order valence-electron chi connectivity index (χ3n) is 7.29. The molecule has 1 amide bonds. The number of likely N-dealkylation sites (N-methyl/N-ethyl adjacent to an activating group) is 1. The van der Waals surface area contributed by atoms with E-state index in [1.54, 1.807) is 44.7 Å². The number of esters is 1. The first-order chi connectivity index (χ1) is 18.5. The van der Waals surface area contributed by atoms with Crippen LogP contribution < -0.4 is 9.47 Å². The van der Waals surface area contributed by atoms with Crippen molar-refractivity contribution in [3.8, 4) is 11.5 Å². The molecule has 4 atom stereocenters. The Hall–Kier alpha value is -3.06. The van der Waals surface area contributed by atoms with Crippen molar-refractivity contribution in [2.24, 2.45) is 0 Å². The van der Waals surface area contributed by atoms with Gasteiger partial charge in [0.1, 0.15) is 35.5 Å². The lowest BCUT2D eigenvalue weighted by Crippen LogP contribution is -2.65. The summed E-state index contributed by atoms with van der Waals surface area (Å²) in [5.74, 6) is -0.223. The molecule has 1 aromatic carbocycles. The fourth-order valence-electron chi connectivity index (χ4n) is 5.04. The Morgan fingerprint density at radius 2 is 1.87 bits per heavy atom. The predicted molar refractivity (Wildman–Crippen MR) is 139 cm³/mol. The van der Waals surface area contributed by atoms with Gasteiger partial charge in [-0.3, -0.25) is 0 Å². The second-order valence-corrected chi connectivity index (χ2v) is 10.4. The minimum atomic E-state index is -1.38. The minimum absolute atomic E-state index is 0.0285. The fourth-order valence-corrected chi connectivity index (χ4v) is 5.04. The third kappa shape index (κ3) is 5.79. The number of carbonyl (C=O) groups is 2. The lowest BCUT2D eigenvalue weighted by atomic mass is 9.89. The standard InChI is InChI=1S/C27H38N2O10/c1-7-35-24(32)17-14-36-21-15(2)18(9-8-16(21)19(17)30)37-25-20(31)22(23(34-6)27(3,4)39-25)38-26(33)29-12-10-28(5)11-13-29/h8-9,20,22-23,25,30-31H,7,10-14H2,1-6H3/t20-,22+,23-,25-/m1/s1. The molecule has 0 aromatic heterocycles. The van der Waals surface area contributed by atoms with Crippen LogP contribution in [0.5, 0.6) is 11.5 Å². The van der Waals surface area contributed by atoms with Gasteiger partial charge in [-0.2, -0.15) is 0 Å². The van der Waals surface area contributed by atoms with E-state index in [9.17, 15) is 19.8 Å². The van der Waals surface area contributed by atoms with Crippen LogP contribution >= 0.6 is 0 Å². The van der Waals surface area contributed by atoms with E-state index >= 15 is 0 Å². The van der Waals surface area contributed by atoms with Gasteiger partial charge in [-0.05, 0) is 46.9 Å². The van der Waals surface area contributed by atoms with Crippen LogP contribution in [-0.2, 0) is 23.7 Å². The molecular formula is C27H38N2O10. The maximum absolute atomic E-state index is 13.0. The molecule has 39 heavy (non-hydrogen) atoms. The molecule has 12 heteroatoms. The number of methoxy groups -OCH3 is 1. The molecule has 0 radical (unpaired) electrons. The smallest absolute Gasteiger partial charge is 0.410 e. The largest absolute Gasteiger partial charge is 0.506 e. The van der Waals surface area contributed by atoms with Crippen molar-refractivity contribution in [3.05, 3.63) is 28.8 Å². The summed E-state index contributed by atoms with van der Waals surface area (Å²) in [6, 6.07) is 3.13. The highest BCUT2D eigenvalue weighted by atomic mass is 16.7. The van der Waals surface area contributed by atoms with Gasteiger partial charge >= 0.3 is 12.1 Å². The first-order valence-corrected chi connectivity index (χ1v) is 13.0. The lowest BCUT2D eigenvalue weighted by molar-refractivity contribution is -0.305. The van der Waals surface area contributed by atoms with Crippen molar-refractivity contribution in [2.45, 2.75) is 57.9 Å². The molecule has 0 saturated carbocycles. The Bertz CT molecular complexity index is 1110. The van der Waals surface area contributed by atoms with Gasteiger partial charge in [-0.25, -0.2) is 9.59 Å². The SMILES string of the molecule is CCOC(=O)C1=C(O)c2ccc(O[C@@H]3OC(C)(C)[C@H](OC)[C@@H](OC(=O)N4CCN(C)CC4)[C@H]3O)c(C)c2OC1. The normalized spacial score (nSPS) is 26.9. The highest BCUT2D eigenvalue weighted by molar-refractivity contribution is 5.97. The highest BCUT2D eigenvalue weighted by Gasteiger charge is 2.53. The van der Waals surface area contributed by atoms with E-state index in [0.29, 0.717) is 35.7 Å². The summed E-state index contributed by atoms with van der Waals surface area (Å²) >= 11 is 0. The average Bonchev–Trinajstić information content (AvgIpc) is 2.89. The van der Waals surface area contributed by atoms with Crippen molar-refractivity contribution in [1.29, 1.82) is 0 Å². The van der Waals surface area contributed by atoms with Crippen LogP contribution in [0.1, 0.15) is 31.9 Å². The quantitative estimate of drug-likeness (QED) is 0.502. The van der Waals surface area contributed by atoms with Gasteiger partial charge in [0.15, 0.2) is 12.2 Å². The van der Waals surface area contributed by atoms with E-state index in [0.717, 1.165) is 13.1 Å². The molecule has 4 rings (SSSR count). The number of hydrogen-bond acceptors (Lipinski definition) is 11. The number of hydrogen-bond donors (Lipinski definition) is 2. The maximum Gasteiger partial charge on any atom is 0.410 e. The van der Waals surface area contributed by atoms with E-state index in [1.165, 1.54) is 7.11 Å². The Morgan fingerprint density at radius 1 is 1.18 bits per heavy atom. The molecule has 1 aromatic rings. The first-order valence-electron chi connectivity index (χ1n) is 13.0. The van der Waals surface area contributed by atoms with Crippen molar-refractivity contribution in [1.82, 2.24) is 9.80 Å². The molecule has 3 heterocycles. The summed E-state index contributed by atoms with van der Waals surface area (Å²) in [5.41, 5.74) is -0.117. The number of carbonyl (C=O) groups excluding carboxylic acids is 2. The van der Waals surface area contributed by atoms with Crippen LogP contribution in [0.2, 0.25) is 0 Å². The summed E-state index contributed by atoms with van der Waals surface area (Å²) in [4.78, 5) is 28.9. The zero-order valence-electron chi connectivity index (χ0n) is 23.3. The van der Waals surface area contributed by atoms with E-state index < -0.39 is 42.3 Å². The van der Waals surface area contributed by atoms with Gasteiger partial charge in [-0.15, -0.1) is 0 Å². The van der Waals surface area contributed by atoms with Gasteiger partial charge in [0.05, 0.1) is 17.8 Å². The van der Waals surface area contributed by atoms with Crippen molar-refractivity contribution in [3.63, 3.8) is 0 Å². The monoisotopic (exact) mass is 550 g/mol. The van der Waals surface area contributed by atoms with E-state index in [4.69, 9.17) is 28.4 Å². The molecular weight excluding hydrogens is 512 g/mol. The predicted octanol–water partition coefficient (Wildman–Crippen LogP) is 1.86. The number of ether oxygens (including phenoxy) is 6. The van der Waals surface area contributed by atoms with Crippen molar-refractivity contribution < 1.29 is 48.2 Å². The van der Waals surface area contributed by atoms with Crippen LogP contribution in [0, 0.1) is 6.92 Å². The Balaban J connectivity index is 1.55. The summed E-state index contributed by atoms with van der Waals surface area (Å²) in [7, 11) is 3.46. The fraction of sp³-hybridized carbons (Fsp3) is 0.630. The highest BCUT2D eigenvalue weighted by Crippen LogP contribution is 2.41. The molecule has 2 saturated heterocycles. The van der Waals surface area contributed by atoms with Crippen molar-refractivity contribution >= 4 is 17.8 Å². The molecule has 0 bridgehead atoms. The Morgan fingerprint density at radius 3 is 2.51 bits per heavy atom. The van der Waals surface area contributed by atoms with Crippen molar-refractivity contribution in [2.75, 3.05) is 53.6 Å². The molecule has 2 N–H and O–H groups in total. The number of amides is 1. The van der Waals surface area contributed by atoms with E-state index in [2.05, 4.69) is 4.90 Å². The number of nitrogens with zero attached hydrogens (tertiary/aromatic N) is 2. The van der Waals surface area contributed by atoms with E-state index in [-0.39, 0.29) is 24.5 Å². The lowest BCUT2D eigenvalue weighted by Gasteiger charge is -2.48. The topological polar surface area (TPSA) is 136 Å². The molecule has 0 aliphatic carbocycles. The maximum atomic E-state index is 13.0. The first kappa shape index (κ1) is 28.9. The van der Waals surface area contributed by atoms with Crippen LogP contribution in [0.4, 0.5) is 4.79 Å². The number of aliphatic hydroxyl groups excluding tert-OH is 2. The van der Waals surface area contributed by atoms with Gasteiger partial charge in [0.25, 0.3) is 0 Å². The third-order valence-corrected chi connectivity index (χ3v) is 7.29. The van der Waals surface area contributed by atoms with Gasteiger partial charge in [0, 0.05) is 38.9 Å². The summed E-state index contributed by atoms with van der Waals surface area (Å²) in [6.45, 7) is 9.42. The van der Waals surface area contributed by atoms with Crippen LogP contribution in [-0.4, -0.2) is 116 Å². The zero-order chi connectivity index (χ0) is 28.5. The molecule has 216 valence electrons. The van der Waals surface area contributed by atoms with Gasteiger partial charge < -0.3 is 48.4 Å². The Kier molecular flexibility index (Phi) is 8.60. The minimum Gasteiger partial charge on any atom is -0.506 e. The second kappa shape index (κ2) is 11.6. The Labute approximate surface area is 228 Å². The molecule has 0 unspecified atom stereocenters. The summed E-state index contributed by atoms with van der Waals surface area (Å²) in [5, 5.41) is 22.0. The average molecular weight is 551 g/mol. The van der Waals surface area contributed by atoms with Gasteiger partial charge in [0.2, 0.25) is 6.29 Å². The van der Waals surface area contributed by atoms with Crippen LogP contribution in [0.25, 0.3) is 5.76 Å². The van der Waals surface area contributed by atoms with E-state index in [1.807, 2.05) is 7.05 Å². The molecule has 2 fully saturated rings. The second-order valence-electron chi connectivity index (χ2n) is 10.4. The number of aliphatic hydroxyl groups is 2. The summed E-state index contributed by atoms with van der Waals surface area (Å²) < 4.78 is 34.4. The molecule has 12 nitrogen and oxygen atoms in total. The molecule has 3 aliphatic heterocycles.